The van der Waals surface area contributed by atoms with Gasteiger partial charge in [-0.25, -0.2) is 4.79 Å². The van der Waals surface area contributed by atoms with Crippen LogP contribution in [0.5, 0.6) is 0 Å². The van der Waals surface area contributed by atoms with Crippen molar-refractivity contribution in [1.82, 2.24) is 0 Å². The second-order valence-electron chi connectivity index (χ2n) is 4.24. The number of carbonyl (C=O) groups is 1. The van der Waals surface area contributed by atoms with E-state index in [-0.39, 0.29) is 6.61 Å². The monoisotopic (exact) mass is 268 g/mol. The molecule has 1 aromatic heterocycles. The van der Waals surface area contributed by atoms with E-state index < -0.39 is 5.97 Å². The summed E-state index contributed by atoms with van der Waals surface area (Å²) in [5.41, 5.74) is 0.995. The third kappa shape index (κ3) is 2.25. The largest absolute Gasteiger partial charge is 0.458 e. The number of esters is 1. The van der Waals surface area contributed by atoms with Crippen LogP contribution in [0.2, 0.25) is 0 Å². The number of ether oxygens (including phenoxy) is 1. The van der Waals surface area contributed by atoms with E-state index in [1.807, 2.05) is 18.2 Å². The molecule has 2 nitrogen and oxygen atoms in total. The molecule has 0 N–H and O–H groups in total. The van der Waals surface area contributed by atoms with Crippen LogP contribution < -0.4 is 0 Å². The summed E-state index contributed by atoms with van der Waals surface area (Å²) in [6, 6.07) is 14.5. The Morgan fingerprint density at radius 1 is 1.16 bits per heavy atom. The lowest BCUT2D eigenvalue weighted by molar-refractivity contribution is -0.138. The fraction of sp³-hybridized carbons (Fsp3) is 0.0625. The minimum atomic E-state index is -0.392. The second-order valence-corrected chi connectivity index (χ2v) is 5.32. The van der Waals surface area contributed by atoms with Crippen molar-refractivity contribution in [2.45, 2.75) is 6.61 Å². The highest BCUT2D eigenvalue weighted by Crippen LogP contribution is 2.34. The molecular weight excluding hydrogens is 256 g/mol. The van der Waals surface area contributed by atoms with Gasteiger partial charge in [0.1, 0.15) is 6.61 Å². The number of fused-ring (bicyclic) bond motifs is 3. The number of thiophene rings is 1. The summed E-state index contributed by atoms with van der Waals surface area (Å²) in [5, 5.41) is 2.52. The van der Waals surface area contributed by atoms with Gasteiger partial charge in [-0.15, -0.1) is 11.3 Å². The van der Waals surface area contributed by atoms with Crippen LogP contribution >= 0.6 is 11.3 Å². The second kappa shape index (κ2) is 4.86. The van der Waals surface area contributed by atoms with Crippen molar-refractivity contribution in [2.24, 2.45) is 0 Å². The van der Waals surface area contributed by atoms with E-state index in [9.17, 15) is 4.79 Å². The lowest BCUT2D eigenvalue weighted by atomic mass is 10.1. The Kier molecular flexibility index (Phi) is 3.05. The van der Waals surface area contributed by atoms with Gasteiger partial charge in [-0.05, 0) is 17.7 Å². The quantitative estimate of drug-likeness (QED) is 0.523. The smallest absolute Gasteiger partial charge is 0.330 e. The minimum Gasteiger partial charge on any atom is -0.458 e. The SMILES string of the molecule is C=CC(=O)OCc1ccc2c(c1)sc1ccccc12. The number of hydrogen-bond acceptors (Lipinski definition) is 3. The molecule has 0 unspecified atom stereocenters. The predicted octanol–water partition coefficient (Wildman–Crippen LogP) is 4.28. The first-order valence-electron chi connectivity index (χ1n) is 5.97. The zero-order chi connectivity index (χ0) is 13.2. The third-order valence-electron chi connectivity index (χ3n) is 2.99. The molecule has 0 aliphatic carbocycles. The van der Waals surface area contributed by atoms with Gasteiger partial charge < -0.3 is 4.74 Å². The van der Waals surface area contributed by atoms with Gasteiger partial charge in [0.05, 0.1) is 0 Å². The molecule has 0 fully saturated rings. The summed E-state index contributed by atoms with van der Waals surface area (Å²) in [6.07, 6.45) is 1.18. The molecule has 0 radical (unpaired) electrons. The maximum Gasteiger partial charge on any atom is 0.330 e. The zero-order valence-electron chi connectivity index (χ0n) is 10.3. The van der Waals surface area contributed by atoms with Gasteiger partial charge in [0.25, 0.3) is 0 Å². The van der Waals surface area contributed by atoms with Crippen LogP contribution in [0, 0.1) is 0 Å². The molecule has 94 valence electrons. The van der Waals surface area contributed by atoms with Crippen LogP contribution in [-0.2, 0) is 16.1 Å². The van der Waals surface area contributed by atoms with Crippen molar-refractivity contribution in [2.75, 3.05) is 0 Å². The first-order chi connectivity index (χ1) is 9.28. The third-order valence-corrected chi connectivity index (χ3v) is 4.12. The molecule has 0 saturated carbocycles. The Bertz CT molecular complexity index is 771. The lowest BCUT2D eigenvalue weighted by Crippen LogP contribution is -1.99. The molecule has 3 aromatic rings. The molecule has 3 rings (SSSR count). The normalized spacial score (nSPS) is 10.7. The van der Waals surface area contributed by atoms with Crippen molar-refractivity contribution < 1.29 is 9.53 Å². The van der Waals surface area contributed by atoms with E-state index in [1.165, 1.54) is 26.2 Å². The van der Waals surface area contributed by atoms with Crippen molar-refractivity contribution in [3.05, 3.63) is 60.7 Å². The first kappa shape index (κ1) is 11.9. The molecule has 0 atom stereocenters. The average Bonchev–Trinajstić information content (AvgIpc) is 2.82. The molecule has 0 aliphatic rings. The highest BCUT2D eigenvalue weighted by atomic mass is 32.1. The molecule has 0 saturated heterocycles. The molecule has 0 aliphatic heterocycles. The van der Waals surface area contributed by atoms with E-state index >= 15 is 0 Å². The fourth-order valence-electron chi connectivity index (χ4n) is 2.07. The van der Waals surface area contributed by atoms with Crippen LogP contribution in [0.1, 0.15) is 5.56 Å². The Morgan fingerprint density at radius 2 is 1.95 bits per heavy atom. The van der Waals surface area contributed by atoms with E-state index in [1.54, 1.807) is 11.3 Å². The molecule has 0 amide bonds. The van der Waals surface area contributed by atoms with E-state index in [2.05, 4.69) is 30.8 Å². The van der Waals surface area contributed by atoms with E-state index in [0.29, 0.717) is 0 Å². The number of benzene rings is 2. The zero-order valence-corrected chi connectivity index (χ0v) is 11.1. The topological polar surface area (TPSA) is 26.3 Å². The van der Waals surface area contributed by atoms with Crippen LogP contribution in [0.25, 0.3) is 20.2 Å². The van der Waals surface area contributed by atoms with Crippen molar-refractivity contribution >= 4 is 37.5 Å². The van der Waals surface area contributed by atoms with Gasteiger partial charge in [-0.1, -0.05) is 36.9 Å². The minimum absolute atomic E-state index is 0.287. The van der Waals surface area contributed by atoms with E-state index in [4.69, 9.17) is 4.74 Å². The number of hydrogen-bond donors (Lipinski definition) is 0. The molecule has 0 bridgehead atoms. The highest BCUT2D eigenvalue weighted by Gasteiger charge is 2.05. The highest BCUT2D eigenvalue weighted by molar-refractivity contribution is 7.25. The Labute approximate surface area is 114 Å². The first-order valence-corrected chi connectivity index (χ1v) is 6.79. The maximum absolute atomic E-state index is 11.1. The summed E-state index contributed by atoms with van der Waals surface area (Å²) >= 11 is 1.76. The van der Waals surface area contributed by atoms with Crippen molar-refractivity contribution in [3.63, 3.8) is 0 Å². The van der Waals surface area contributed by atoms with Crippen molar-refractivity contribution in [3.8, 4) is 0 Å². The van der Waals surface area contributed by atoms with Crippen LogP contribution in [0.15, 0.2) is 55.1 Å². The standard InChI is InChI=1S/C16H12O2S/c1-2-16(17)18-10-11-7-8-13-12-5-3-4-6-14(12)19-15(13)9-11/h2-9H,1,10H2. The molecule has 1 heterocycles. The van der Waals surface area contributed by atoms with Gasteiger partial charge in [0.15, 0.2) is 0 Å². The van der Waals surface area contributed by atoms with Gasteiger partial charge >= 0.3 is 5.97 Å². The molecule has 3 heteroatoms. The maximum atomic E-state index is 11.1. The summed E-state index contributed by atoms with van der Waals surface area (Å²) in [4.78, 5) is 11.1. The average molecular weight is 268 g/mol. The van der Waals surface area contributed by atoms with Crippen LogP contribution in [-0.4, -0.2) is 5.97 Å². The van der Waals surface area contributed by atoms with Gasteiger partial charge in [-0.2, -0.15) is 0 Å². The summed E-state index contributed by atoms with van der Waals surface area (Å²) in [6.45, 7) is 3.67. The number of rotatable bonds is 3. The van der Waals surface area contributed by atoms with E-state index in [0.717, 1.165) is 5.56 Å². The molecule has 2 aromatic carbocycles. The molecule has 19 heavy (non-hydrogen) atoms. The summed E-state index contributed by atoms with van der Waals surface area (Å²) in [7, 11) is 0. The van der Waals surface area contributed by atoms with Gasteiger partial charge in [-0.3, -0.25) is 0 Å². The predicted molar refractivity (Wildman–Crippen MR) is 79.3 cm³/mol. The molecular formula is C16H12O2S. The Balaban J connectivity index is 1.99. The van der Waals surface area contributed by atoms with Gasteiger partial charge in [0, 0.05) is 26.2 Å². The molecule has 0 spiro atoms. The van der Waals surface area contributed by atoms with Crippen molar-refractivity contribution in [1.29, 1.82) is 0 Å². The number of carbonyl (C=O) groups excluding carboxylic acids is 1. The van der Waals surface area contributed by atoms with Crippen LogP contribution in [0.3, 0.4) is 0 Å². The van der Waals surface area contributed by atoms with Gasteiger partial charge in [0.2, 0.25) is 0 Å². The Morgan fingerprint density at radius 3 is 2.79 bits per heavy atom. The fourth-order valence-corrected chi connectivity index (χ4v) is 3.24. The van der Waals surface area contributed by atoms with Crippen LogP contribution in [0.4, 0.5) is 0 Å². The lowest BCUT2D eigenvalue weighted by Gasteiger charge is -2.02. The summed E-state index contributed by atoms with van der Waals surface area (Å²) < 4.78 is 7.54. The Hall–Kier alpha value is -2.13. The summed E-state index contributed by atoms with van der Waals surface area (Å²) in [5.74, 6) is -0.392.